The molecule has 4 nitrogen and oxygen atoms in total. The van der Waals surface area contributed by atoms with Gasteiger partial charge in [-0.1, -0.05) is 91.0 Å². The van der Waals surface area contributed by atoms with Gasteiger partial charge in [0.2, 0.25) is 0 Å². The number of aromatic nitrogens is 2. The van der Waals surface area contributed by atoms with Gasteiger partial charge in [0.1, 0.15) is 12.4 Å². The van der Waals surface area contributed by atoms with Gasteiger partial charge < -0.3 is 14.2 Å². The highest BCUT2D eigenvalue weighted by Gasteiger charge is 2.28. The van der Waals surface area contributed by atoms with Crippen LogP contribution < -0.4 is 9.64 Å². The predicted molar refractivity (Wildman–Crippen MR) is 193 cm³/mol. The molecule has 0 saturated heterocycles. The van der Waals surface area contributed by atoms with Gasteiger partial charge in [0, 0.05) is 39.5 Å². The van der Waals surface area contributed by atoms with Gasteiger partial charge in [0.05, 0.1) is 29.0 Å². The Morgan fingerprint density at radius 1 is 0.489 bits per heavy atom. The van der Waals surface area contributed by atoms with Crippen molar-refractivity contribution in [3.8, 4) is 56.1 Å². The van der Waals surface area contributed by atoms with Crippen molar-refractivity contribution in [2.24, 2.45) is 0 Å². The molecular weight excluding hydrogens is 574 g/mol. The highest BCUT2D eigenvalue weighted by molar-refractivity contribution is 6.10. The van der Waals surface area contributed by atoms with E-state index in [4.69, 9.17) is 9.72 Å². The van der Waals surface area contributed by atoms with Crippen LogP contribution in [0.25, 0.3) is 72.1 Å². The first kappa shape index (κ1) is 26.1. The number of hydrogen-bond acceptors (Lipinski definition) is 3. The number of rotatable bonds is 2. The average molecular weight is 604 g/mol. The van der Waals surface area contributed by atoms with Crippen LogP contribution in [0.15, 0.2) is 152 Å². The zero-order valence-electron chi connectivity index (χ0n) is 25.6. The molecule has 0 N–H and O–H groups in total. The molecule has 0 saturated carbocycles. The fourth-order valence-electron chi connectivity index (χ4n) is 7.68. The maximum Gasteiger partial charge on any atom is 0.143 e. The molecular formula is C43H29N3O. The Labute approximate surface area is 272 Å². The summed E-state index contributed by atoms with van der Waals surface area (Å²) in [7, 11) is 0. The molecule has 0 unspecified atom stereocenters. The first-order valence-corrected chi connectivity index (χ1v) is 16.1. The zero-order valence-corrected chi connectivity index (χ0v) is 25.6. The molecule has 0 bridgehead atoms. The summed E-state index contributed by atoms with van der Waals surface area (Å²) in [4.78, 5) is 7.39. The van der Waals surface area contributed by atoms with E-state index >= 15 is 0 Å². The lowest BCUT2D eigenvalue weighted by atomic mass is 9.82. The molecule has 2 aliphatic rings. The predicted octanol–water partition coefficient (Wildman–Crippen LogP) is 10.7. The van der Waals surface area contributed by atoms with E-state index in [0.717, 1.165) is 51.7 Å². The monoisotopic (exact) mass is 603 g/mol. The molecule has 8 aromatic rings. The smallest absolute Gasteiger partial charge is 0.143 e. The van der Waals surface area contributed by atoms with Crippen LogP contribution in [0.5, 0.6) is 5.75 Å². The quantitative estimate of drug-likeness (QED) is 0.197. The van der Waals surface area contributed by atoms with Crippen molar-refractivity contribution < 1.29 is 4.74 Å². The van der Waals surface area contributed by atoms with Crippen molar-refractivity contribution in [1.29, 1.82) is 0 Å². The normalized spacial score (nSPS) is 13.1. The molecule has 0 radical (unpaired) electrons. The van der Waals surface area contributed by atoms with Crippen molar-refractivity contribution in [2.45, 2.75) is 0 Å². The van der Waals surface area contributed by atoms with E-state index < -0.39 is 0 Å². The minimum absolute atomic E-state index is 0.622. The Bertz CT molecular complexity index is 2460. The van der Waals surface area contributed by atoms with Crippen molar-refractivity contribution in [1.82, 2.24) is 9.55 Å². The Balaban J connectivity index is 1.29. The Morgan fingerprint density at radius 2 is 1.13 bits per heavy atom. The lowest BCUT2D eigenvalue weighted by Gasteiger charge is -2.33. The highest BCUT2D eigenvalue weighted by atomic mass is 16.5. The van der Waals surface area contributed by atoms with E-state index in [1.165, 1.54) is 44.1 Å². The Hall–Kier alpha value is -6.13. The third-order valence-corrected chi connectivity index (χ3v) is 9.73. The summed E-state index contributed by atoms with van der Waals surface area (Å²) in [6, 6.07) is 52.5. The Morgan fingerprint density at radius 3 is 1.91 bits per heavy atom. The summed E-state index contributed by atoms with van der Waals surface area (Å²) >= 11 is 0. The van der Waals surface area contributed by atoms with Crippen LogP contribution >= 0.6 is 0 Å². The minimum Gasteiger partial charge on any atom is -0.490 e. The van der Waals surface area contributed by atoms with Crippen molar-refractivity contribution >= 4 is 33.2 Å². The maximum absolute atomic E-state index is 6.36. The molecule has 4 heteroatoms. The van der Waals surface area contributed by atoms with Crippen LogP contribution in [0.3, 0.4) is 0 Å². The van der Waals surface area contributed by atoms with Gasteiger partial charge in [-0.05, 0) is 82.4 Å². The van der Waals surface area contributed by atoms with Gasteiger partial charge in [-0.2, -0.15) is 0 Å². The molecule has 47 heavy (non-hydrogen) atoms. The van der Waals surface area contributed by atoms with Gasteiger partial charge in [-0.3, -0.25) is 4.98 Å². The zero-order chi connectivity index (χ0) is 30.9. The fourth-order valence-corrected chi connectivity index (χ4v) is 7.68. The van der Waals surface area contributed by atoms with Crippen LogP contribution in [0.1, 0.15) is 0 Å². The number of hydrogen-bond donors (Lipinski definition) is 0. The van der Waals surface area contributed by atoms with E-state index in [1.807, 2.05) is 12.3 Å². The summed E-state index contributed by atoms with van der Waals surface area (Å²) in [5.74, 6) is 0.882. The summed E-state index contributed by atoms with van der Waals surface area (Å²) in [5.41, 5.74) is 14.8. The third kappa shape index (κ3) is 3.91. The second-order valence-corrected chi connectivity index (χ2v) is 12.2. The van der Waals surface area contributed by atoms with Crippen LogP contribution in [0.4, 0.5) is 11.4 Å². The second kappa shape index (κ2) is 10.2. The lowest BCUT2D eigenvalue weighted by Crippen LogP contribution is -2.28. The van der Waals surface area contributed by atoms with E-state index in [-0.39, 0.29) is 0 Å². The van der Waals surface area contributed by atoms with Crippen LogP contribution in [-0.4, -0.2) is 22.7 Å². The average Bonchev–Trinajstić information content (AvgIpc) is 3.48. The van der Waals surface area contributed by atoms with Gasteiger partial charge in [0.25, 0.3) is 0 Å². The van der Waals surface area contributed by atoms with Crippen LogP contribution in [0.2, 0.25) is 0 Å². The van der Waals surface area contributed by atoms with Crippen molar-refractivity contribution in [3.63, 3.8) is 0 Å². The molecule has 0 amide bonds. The number of fused-ring (bicyclic) bond motifs is 12. The second-order valence-electron chi connectivity index (χ2n) is 12.2. The Kier molecular flexibility index (Phi) is 5.67. The largest absolute Gasteiger partial charge is 0.490 e. The van der Waals surface area contributed by atoms with Crippen LogP contribution in [-0.2, 0) is 0 Å². The molecule has 1 aliphatic heterocycles. The first-order chi connectivity index (χ1) is 23.3. The third-order valence-electron chi connectivity index (χ3n) is 9.73. The van der Waals surface area contributed by atoms with Crippen molar-refractivity contribution in [2.75, 3.05) is 18.1 Å². The first-order valence-electron chi connectivity index (χ1n) is 16.1. The van der Waals surface area contributed by atoms with Crippen molar-refractivity contribution in [3.05, 3.63) is 152 Å². The summed E-state index contributed by atoms with van der Waals surface area (Å²) < 4.78 is 8.77. The van der Waals surface area contributed by atoms with E-state index in [9.17, 15) is 0 Å². The summed E-state index contributed by atoms with van der Waals surface area (Å²) in [5, 5.41) is 2.52. The summed E-state index contributed by atoms with van der Waals surface area (Å²) in [6.07, 6.45) is 1.90. The molecule has 0 spiro atoms. The van der Waals surface area contributed by atoms with E-state index in [1.54, 1.807) is 0 Å². The summed E-state index contributed by atoms with van der Waals surface area (Å²) in [6.45, 7) is 1.41. The number of ether oxygens (including phenoxy) is 1. The number of nitrogens with zero attached hydrogens (tertiary/aromatic N) is 3. The topological polar surface area (TPSA) is 30.3 Å². The molecule has 6 aromatic carbocycles. The van der Waals surface area contributed by atoms with Gasteiger partial charge in [-0.25, -0.2) is 0 Å². The molecule has 222 valence electrons. The number of para-hydroxylation sites is 3. The molecule has 0 fully saturated rings. The lowest BCUT2D eigenvalue weighted by molar-refractivity contribution is 0.314. The highest BCUT2D eigenvalue weighted by Crippen LogP contribution is 2.51. The molecule has 0 atom stereocenters. The van der Waals surface area contributed by atoms with E-state index in [0.29, 0.717) is 6.61 Å². The maximum atomic E-state index is 6.36. The fraction of sp³-hybridized carbons (Fsp3) is 0.0465. The van der Waals surface area contributed by atoms with Gasteiger partial charge >= 0.3 is 0 Å². The van der Waals surface area contributed by atoms with Gasteiger partial charge in [0.15, 0.2) is 0 Å². The number of pyridine rings is 1. The van der Waals surface area contributed by atoms with E-state index in [2.05, 4.69) is 149 Å². The molecule has 10 rings (SSSR count). The number of benzene rings is 6. The molecule has 1 aliphatic carbocycles. The standard InChI is InChI=1S/C43H29N3O/c1-2-11-28(12-3-1)45-23-24-47-42-27-38-37(26-41(42)45)32-21-20-29(46-39-18-8-6-15-33(39)34-16-7-9-19-40(34)46)25-36(32)31-14-5-4-13-30(31)35-17-10-22-44-43(35)38/h1-22,25-27H,23-24H2. The van der Waals surface area contributed by atoms with Gasteiger partial charge in [-0.15, -0.1) is 0 Å². The number of anilines is 2. The molecule has 3 heterocycles. The minimum atomic E-state index is 0.622. The molecule has 2 aromatic heterocycles. The van der Waals surface area contributed by atoms with Crippen LogP contribution in [0, 0.1) is 0 Å². The SMILES string of the molecule is c1ccc(N2CCOc3cc4c(cc32)-c2ccc(-n3c5ccccc5c5ccccc53)cc2-c2ccccc2-c2cccnc2-4)cc1.